The Morgan fingerprint density at radius 2 is 1.32 bits per heavy atom. The minimum Gasteiger partial charge on any atom is -0.309 e. The van der Waals surface area contributed by atoms with Crippen molar-refractivity contribution in [1.82, 2.24) is 4.57 Å². The molecule has 1 unspecified atom stereocenters. The van der Waals surface area contributed by atoms with E-state index >= 15 is 0 Å². The van der Waals surface area contributed by atoms with Crippen LogP contribution < -0.4 is 25.4 Å². The third-order valence-corrected chi connectivity index (χ3v) is 20.1. The van der Waals surface area contributed by atoms with Crippen molar-refractivity contribution >= 4 is 68.7 Å². The predicted octanol–water partition coefficient (Wildman–Crippen LogP) is 5.79. The van der Waals surface area contributed by atoms with E-state index in [9.17, 15) is 8.42 Å². The molecule has 2 aromatic heterocycles. The highest BCUT2D eigenvalue weighted by atomic mass is 32.2. The number of pyridine rings is 1. The molecule has 0 saturated heterocycles. The zero-order valence-electron chi connectivity index (χ0n) is 26.7. The summed E-state index contributed by atoms with van der Waals surface area (Å²) in [7, 11) is -8.05. The van der Waals surface area contributed by atoms with Crippen LogP contribution in [0.1, 0.15) is 17.2 Å². The van der Waals surface area contributed by atoms with Gasteiger partial charge in [0.25, 0.3) is 0 Å². The third kappa shape index (κ3) is 3.31. The maximum absolute atomic E-state index is 14.7. The van der Waals surface area contributed by atoms with Crippen LogP contribution in [-0.2, 0) is 9.84 Å². The average Bonchev–Trinajstić information content (AvgIpc) is 3.60. The number of aromatic nitrogens is 2. The van der Waals surface area contributed by atoms with Crippen LogP contribution in [-0.4, -0.2) is 29.1 Å². The molecule has 7 aromatic rings. The molecular weight excluding hydrogens is 629 g/mol. The molecule has 7 heteroatoms. The highest BCUT2D eigenvalue weighted by Crippen LogP contribution is 2.40. The summed E-state index contributed by atoms with van der Waals surface area (Å²) in [5.41, 5.74) is 8.15. The fourth-order valence-corrected chi connectivity index (χ4v) is 16.4. The second kappa shape index (κ2) is 8.86. The molecule has 5 heterocycles. The number of benzene rings is 5. The lowest BCUT2D eigenvalue weighted by Crippen LogP contribution is -2.73. The molecule has 0 radical (unpaired) electrons. The topological polar surface area (TPSA) is 43.0 Å². The largest absolute Gasteiger partial charge is 0.309 e. The molecule has 0 N–H and O–H groups in total. The van der Waals surface area contributed by atoms with Gasteiger partial charge in [0.05, 0.1) is 26.4 Å². The number of fused-ring (bicyclic) bond motifs is 10. The molecule has 47 heavy (non-hydrogen) atoms. The van der Waals surface area contributed by atoms with Gasteiger partial charge in [-0.05, 0) is 64.1 Å². The minimum absolute atomic E-state index is 0.0329. The van der Waals surface area contributed by atoms with Gasteiger partial charge in [0.1, 0.15) is 8.07 Å². The Balaban J connectivity index is 1.19. The van der Waals surface area contributed by atoms with Crippen molar-refractivity contribution in [2.24, 2.45) is 0 Å². The first-order valence-electron chi connectivity index (χ1n) is 16.3. The fourth-order valence-electron chi connectivity index (χ4n) is 9.03. The van der Waals surface area contributed by atoms with Crippen LogP contribution in [0.15, 0.2) is 131 Å². The van der Waals surface area contributed by atoms with E-state index in [0.717, 1.165) is 16.8 Å². The normalized spacial score (nSPS) is 17.7. The summed E-state index contributed by atoms with van der Waals surface area (Å²) < 4.78 is 34.3. The lowest BCUT2D eigenvalue weighted by atomic mass is 9.97. The van der Waals surface area contributed by atoms with Crippen LogP contribution in [0.25, 0.3) is 38.8 Å². The molecule has 0 fully saturated rings. The van der Waals surface area contributed by atoms with Crippen molar-refractivity contribution in [2.75, 3.05) is 0 Å². The van der Waals surface area contributed by atoms with Crippen LogP contribution >= 0.6 is 0 Å². The zero-order chi connectivity index (χ0) is 32.0. The summed E-state index contributed by atoms with van der Waals surface area (Å²) in [6.45, 7) is 9.54. The van der Waals surface area contributed by atoms with Crippen molar-refractivity contribution in [3.05, 3.63) is 132 Å². The van der Waals surface area contributed by atoms with Gasteiger partial charge in [-0.25, -0.2) is 8.42 Å². The number of hydrogen-bond acceptors (Lipinski definition) is 2. The van der Waals surface area contributed by atoms with E-state index in [4.69, 9.17) is 0 Å². The minimum atomic E-state index is -3.82. The van der Waals surface area contributed by atoms with E-state index < -0.39 is 26.0 Å². The van der Waals surface area contributed by atoms with Crippen molar-refractivity contribution in [3.8, 4) is 16.9 Å². The van der Waals surface area contributed by atoms with Crippen LogP contribution in [0.2, 0.25) is 26.2 Å². The Morgan fingerprint density at radius 1 is 0.617 bits per heavy atom. The van der Waals surface area contributed by atoms with Gasteiger partial charge < -0.3 is 4.57 Å². The van der Waals surface area contributed by atoms with E-state index in [2.05, 4.69) is 132 Å². The summed E-state index contributed by atoms with van der Waals surface area (Å²) in [5.74, 6) is 0. The highest BCUT2D eigenvalue weighted by Gasteiger charge is 2.51. The van der Waals surface area contributed by atoms with Gasteiger partial charge in [-0.3, -0.25) is 0 Å². The quantitative estimate of drug-likeness (QED) is 0.174. The summed E-state index contributed by atoms with van der Waals surface area (Å²) in [6, 6.07) is 42.3. The van der Waals surface area contributed by atoms with Gasteiger partial charge in [-0.2, -0.15) is 4.57 Å². The van der Waals surface area contributed by atoms with Gasteiger partial charge in [-0.1, -0.05) is 92.9 Å². The first-order chi connectivity index (χ1) is 22.6. The molecule has 3 aliphatic heterocycles. The molecule has 4 nitrogen and oxygen atoms in total. The van der Waals surface area contributed by atoms with Gasteiger partial charge in [-0.15, -0.1) is 0 Å². The lowest BCUT2D eigenvalue weighted by molar-refractivity contribution is -0.673. The smallest absolute Gasteiger partial charge is 0.213 e. The van der Waals surface area contributed by atoms with E-state index in [-0.39, 0.29) is 6.04 Å². The predicted molar refractivity (Wildman–Crippen MR) is 195 cm³/mol. The van der Waals surface area contributed by atoms with Gasteiger partial charge in [0, 0.05) is 33.7 Å². The Labute approximate surface area is 276 Å². The van der Waals surface area contributed by atoms with Crippen LogP contribution in [0, 0.1) is 0 Å². The lowest BCUT2D eigenvalue weighted by Gasteiger charge is -2.33. The maximum Gasteiger partial charge on any atom is 0.213 e. The summed E-state index contributed by atoms with van der Waals surface area (Å²) in [5, 5.41) is 7.78. The summed E-state index contributed by atoms with van der Waals surface area (Å²) in [4.78, 5) is 0.710. The Hall–Kier alpha value is -4.57. The summed E-state index contributed by atoms with van der Waals surface area (Å²) in [6.07, 6.45) is 0. The number of hydrogen-bond donors (Lipinski definition) is 0. The van der Waals surface area contributed by atoms with Crippen molar-refractivity contribution < 1.29 is 13.0 Å². The fraction of sp³-hybridized carbons (Fsp3) is 0.125. The van der Waals surface area contributed by atoms with Gasteiger partial charge in [0.15, 0.2) is 13.4 Å². The number of nitrogens with zero attached hydrogens (tertiary/aromatic N) is 2. The highest BCUT2D eigenvalue weighted by molar-refractivity contribution is 7.91. The molecule has 0 aliphatic carbocycles. The van der Waals surface area contributed by atoms with E-state index in [1.807, 2.05) is 24.3 Å². The van der Waals surface area contributed by atoms with Crippen LogP contribution in [0.3, 0.4) is 0 Å². The molecule has 228 valence electrons. The number of rotatable bonds is 2. The second-order valence-corrected chi connectivity index (χ2v) is 25.0. The first kappa shape index (κ1) is 27.5. The summed E-state index contributed by atoms with van der Waals surface area (Å²) >= 11 is 0. The van der Waals surface area contributed by atoms with E-state index in [0.29, 0.717) is 9.79 Å². The van der Waals surface area contributed by atoms with Crippen molar-refractivity contribution in [3.63, 3.8) is 0 Å². The molecule has 5 aromatic carbocycles. The van der Waals surface area contributed by atoms with Crippen LogP contribution in [0.4, 0.5) is 0 Å². The Kier molecular flexibility index (Phi) is 5.19. The third-order valence-electron chi connectivity index (χ3n) is 11.3. The second-order valence-electron chi connectivity index (χ2n) is 14.4. The monoisotopic (exact) mass is 661 g/mol. The molecule has 0 spiro atoms. The molecular formula is C40H33N2O2SSi2+. The number of para-hydroxylation sites is 2. The van der Waals surface area contributed by atoms with Crippen LogP contribution in [0.5, 0.6) is 0 Å². The van der Waals surface area contributed by atoms with Gasteiger partial charge in [0.2, 0.25) is 21.6 Å². The molecule has 3 aliphatic rings. The average molecular weight is 662 g/mol. The first-order valence-corrected chi connectivity index (χ1v) is 23.8. The number of sulfone groups is 1. The van der Waals surface area contributed by atoms with Gasteiger partial charge >= 0.3 is 0 Å². The maximum atomic E-state index is 14.7. The SMILES string of the molecule is C[Si]1(C)c2ccc(S(=O)(=O)c3ccc4c(c3)C3c5ccccc5-c5cccc([n+]53)[Si]4(C)C)cc2-n2c3ccccc3c3cccc1c32. The van der Waals surface area contributed by atoms with Crippen molar-refractivity contribution in [1.29, 1.82) is 0 Å². The molecule has 0 amide bonds. The molecule has 0 bridgehead atoms. The zero-order valence-corrected chi connectivity index (χ0v) is 29.6. The Bertz CT molecular complexity index is 2670. The molecule has 1 atom stereocenters. The molecule has 0 saturated carbocycles. The van der Waals surface area contributed by atoms with E-state index in [1.54, 1.807) is 0 Å². The Morgan fingerprint density at radius 3 is 2.17 bits per heavy atom. The van der Waals surface area contributed by atoms with E-state index in [1.165, 1.54) is 54.0 Å². The van der Waals surface area contributed by atoms with Crippen molar-refractivity contribution in [2.45, 2.75) is 42.0 Å². The standard InChI is InChI=1S/C40H33N2O2SSi2/c1-46(2)36-22-20-26(24-34(36)41-32-15-8-7-12-28(32)30-14-9-17-37(46)40(30)41)45(43,44)25-19-21-35-31(23-25)39-29-13-6-5-11-27(29)33-16-10-18-38(42(33)39)47(35,3)4/h5-24,39H,1-4H3/q+1. The molecule has 10 rings (SSSR count).